The van der Waals surface area contributed by atoms with E-state index in [9.17, 15) is 4.79 Å². The molecule has 1 saturated heterocycles. The van der Waals surface area contributed by atoms with Crippen molar-refractivity contribution in [3.05, 3.63) is 11.4 Å². The molecule has 0 aromatic carbocycles. The molecule has 1 aromatic heterocycles. The predicted molar refractivity (Wildman–Crippen MR) is 79.3 cm³/mol. The van der Waals surface area contributed by atoms with Crippen LogP contribution in [0.25, 0.3) is 0 Å². The second kappa shape index (κ2) is 6.26. The molecule has 1 aromatic rings. The standard InChI is InChI=1S/C14H25N5O/c1-4-18-6-5-12(8-18)7-16-13(20)9-19-11(3)14(15)10(2)17-19/h12H,4-9,15H2,1-3H3,(H,16,20). The number of nitrogens with two attached hydrogens (primary N) is 1. The van der Waals surface area contributed by atoms with Crippen LogP contribution in [0.4, 0.5) is 5.69 Å². The van der Waals surface area contributed by atoms with E-state index in [0.717, 1.165) is 37.6 Å². The van der Waals surface area contributed by atoms with Gasteiger partial charge in [-0.3, -0.25) is 9.48 Å². The number of amides is 1. The minimum atomic E-state index is 0.00514. The topological polar surface area (TPSA) is 76.2 Å². The molecule has 6 heteroatoms. The van der Waals surface area contributed by atoms with E-state index in [1.54, 1.807) is 4.68 Å². The van der Waals surface area contributed by atoms with Crippen LogP contribution in [-0.4, -0.2) is 46.8 Å². The maximum Gasteiger partial charge on any atom is 0.241 e. The van der Waals surface area contributed by atoms with E-state index in [4.69, 9.17) is 5.73 Å². The first-order chi connectivity index (χ1) is 9.51. The van der Waals surface area contributed by atoms with Gasteiger partial charge in [0.2, 0.25) is 5.91 Å². The van der Waals surface area contributed by atoms with Gasteiger partial charge in [0.05, 0.1) is 17.1 Å². The molecule has 1 aliphatic rings. The zero-order valence-corrected chi connectivity index (χ0v) is 12.6. The molecule has 112 valence electrons. The van der Waals surface area contributed by atoms with Gasteiger partial charge in [-0.05, 0) is 39.3 Å². The highest BCUT2D eigenvalue weighted by atomic mass is 16.2. The van der Waals surface area contributed by atoms with Gasteiger partial charge >= 0.3 is 0 Å². The number of nitrogen functional groups attached to an aromatic ring is 1. The Kier molecular flexibility index (Phi) is 4.65. The molecule has 1 amide bonds. The van der Waals surface area contributed by atoms with Gasteiger partial charge in [0, 0.05) is 13.1 Å². The van der Waals surface area contributed by atoms with Crippen LogP contribution in [0.15, 0.2) is 0 Å². The second-order valence-corrected chi connectivity index (χ2v) is 5.59. The van der Waals surface area contributed by atoms with Crippen molar-refractivity contribution >= 4 is 11.6 Å². The second-order valence-electron chi connectivity index (χ2n) is 5.59. The Balaban J connectivity index is 1.80. The number of rotatable bonds is 5. The Morgan fingerprint density at radius 3 is 2.80 bits per heavy atom. The van der Waals surface area contributed by atoms with Crippen LogP contribution < -0.4 is 11.1 Å². The molecule has 1 unspecified atom stereocenters. The number of carbonyl (C=O) groups is 1. The quantitative estimate of drug-likeness (QED) is 0.825. The lowest BCUT2D eigenvalue weighted by Gasteiger charge is -2.14. The van der Waals surface area contributed by atoms with E-state index in [-0.39, 0.29) is 12.5 Å². The number of aromatic nitrogens is 2. The van der Waals surface area contributed by atoms with Gasteiger partial charge in [0.1, 0.15) is 6.54 Å². The van der Waals surface area contributed by atoms with Crippen LogP contribution in [0.3, 0.4) is 0 Å². The molecule has 0 aliphatic carbocycles. The Morgan fingerprint density at radius 2 is 2.25 bits per heavy atom. The monoisotopic (exact) mass is 279 g/mol. The lowest BCUT2D eigenvalue weighted by molar-refractivity contribution is -0.122. The van der Waals surface area contributed by atoms with Crippen molar-refractivity contribution in [3.8, 4) is 0 Å². The van der Waals surface area contributed by atoms with Crippen molar-refractivity contribution in [2.24, 2.45) is 5.92 Å². The zero-order valence-electron chi connectivity index (χ0n) is 12.6. The molecule has 0 saturated carbocycles. The molecule has 0 radical (unpaired) electrons. The highest BCUT2D eigenvalue weighted by Crippen LogP contribution is 2.15. The minimum Gasteiger partial charge on any atom is -0.396 e. The van der Waals surface area contributed by atoms with Crippen LogP contribution in [0, 0.1) is 19.8 Å². The summed E-state index contributed by atoms with van der Waals surface area (Å²) in [7, 11) is 0. The fourth-order valence-electron chi connectivity index (χ4n) is 2.68. The SMILES string of the molecule is CCN1CCC(CNC(=O)Cn2nc(C)c(N)c2C)C1. The van der Waals surface area contributed by atoms with Gasteiger partial charge in [-0.15, -0.1) is 0 Å². The van der Waals surface area contributed by atoms with Crippen molar-refractivity contribution in [1.29, 1.82) is 0 Å². The van der Waals surface area contributed by atoms with E-state index in [0.29, 0.717) is 11.6 Å². The summed E-state index contributed by atoms with van der Waals surface area (Å²) < 4.78 is 1.67. The molecule has 6 nitrogen and oxygen atoms in total. The molecule has 1 fully saturated rings. The summed E-state index contributed by atoms with van der Waals surface area (Å²) in [5.41, 5.74) is 8.17. The van der Waals surface area contributed by atoms with E-state index < -0.39 is 0 Å². The van der Waals surface area contributed by atoms with E-state index in [1.165, 1.54) is 6.42 Å². The number of aryl methyl sites for hydroxylation is 1. The number of anilines is 1. The zero-order chi connectivity index (χ0) is 14.7. The van der Waals surface area contributed by atoms with Crippen LogP contribution in [0.2, 0.25) is 0 Å². The molecule has 1 aliphatic heterocycles. The van der Waals surface area contributed by atoms with Gasteiger partial charge in [-0.2, -0.15) is 5.10 Å². The van der Waals surface area contributed by atoms with Gasteiger partial charge < -0.3 is 16.0 Å². The van der Waals surface area contributed by atoms with Crippen LogP contribution in [0.5, 0.6) is 0 Å². The van der Waals surface area contributed by atoms with Crippen LogP contribution >= 0.6 is 0 Å². The number of carbonyl (C=O) groups excluding carboxylic acids is 1. The first-order valence-corrected chi connectivity index (χ1v) is 7.29. The van der Waals surface area contributed by atoms with Crippen molar-refractivity contribution < 1.29 is 4.79 Å². The summed E-state index contributed by atoms with van der Waals surface area (Å²) in [6, 6.07) is 0. The Labute approximate surface area is 120 Å². The maximum atomic E-state index is 12.0. The molecule has 0 bridgehead atoms. The van der Waals surface area contributed by atoms with Crippen molar-refractivity contribution in [2.45, 2.75) is 33.7 Å². The van der Waals surface area contributed by atoms with Gasteiger partial charge in [0.15, 0.2) is 0 Å². The summed E-state index contributed by atoms with van der Waals surface area (Å²) >= 11 is 0. The summed E-state index contributed by atoms with van der Waals surface area (Å²) in [5, 5.41) is 7.28. The van der Waals surface area contributed by atoms with Crippen LogP contribution in [0.1, 0.15) is 24.7 Å². The number of nitrogens with one attached hydrogen (secondary N) is 1. The molecule has 20 heavy (non-hydrogen) atoms. The number of hydrogen-bond donors (Lipinski definition) is 2. The minimum absolute atomic E-state index is 0.00514. The summed E-state index contributed by atoms with van der Waals surface area (Å²) in [6.45, 7) is 10.2. The highest BCUT2D eigenvalue weighted by molar-refractivity contribution is 5.75. The van der Waals surface area contributed by atoms with Gasteiger partial charge in [-0.1, -0.05) is 6.92 Å². The molecule has 3 N–H and O–H groups in total. The lowest BCUT2D eigenvalue weighted by Crippen LogP contribution is -2.33. The Bertz CT molecular complexity index is 482. The summed E-state index contributed by atoms with van der Waals surface area (Å²) in [4.78, 5) is 14.4. The largest absolute Gasteiger partial charge is 0.396 e. The van der Waals surface area contributed by atoms with Gasteiger partial charge in [-0.25, -0.2) is 0 Å². The van der Waals surface area contributed by atoms with Crippen molar-refractivity contribution in [2.75, 3.05) is 31.9 Å². The third-order valence-corrected chi connectivity index (χ3v) is 4.14. The predicted octanol–water partition coefficient (Wildman–Crippen LogP) is 0.540. The average Bonchev–Trinajstić information content (AvgIpc) is 2.98. The first-order valence-electron chi connectivity index (χ1n) is 7.29. The van der Waals surface area contributed by atoms with Crippen LogP contribution in [-0.2, 0) is 11.3 Å². The molecule has 0 spiro atoms. The Hall–Kier alpha value is -1.56. The third-order valence-electron chi connectivity index (χ3n) is 4.14. The van der Waals surface area contributed by atoms with E-state index in [1.807, 2.05) is 13.8 Å². The third kappa shape index (κ3) is 3.30. The number of hydrogen-bond acceptors (Lipinski definition) is 4. The fourth-order valence-corrected chi connectivity index (χ4v) is 2.68. The van der Waals surface area contributed by atoms with Crippen molar-refractivity contribution in [3.63, 3.8) is 0 Å². The maximum absolute atomic E-state index is 12.0. The normalized spacial score (nSPS) is 19.4. The average molecular weight is 279 g/mol. The molecule has 2 rings (SSSR count). The molecular formula is C14H25N5O. The number of likely N-dealkylation sites (tertiary alicyclic amines) is 1. The molecule has 1 atom stereocenters. The van der Waals surface area contributed by atoms with Crippen molar-refractivity contribution in [1.82, 2.24) is 20.0 Å². The fraction of sp³-hybridized carbons (Fsp3) is 0.714. The highest BCUT2D eigenvalue weighted by Gasteiger charge is 2.21. The van der Waals surface area contributed by atoms with E-state index >= 15 is 0 Å². The van der Waals surface area contributed by atoms with Gasteiger partial charge in [0.25, 0.3) is 0 Å². The van der Waals surface area contributed by atoms with E-state index in [2.05, 4.69) is 22.2 Å². The molecule has 2 heterocycles. The number of nitrogens with zero attached hydrogens (tertiary/aromatic N) is 3. The summed E-state index contributed by atoms with van der Waals surface area (Å²) in [6.07, 6.45) is 1.17. The lowest BCUT2D eigenvalue weighted by atomic mass is 10.1. The smallest absolute Gasteiger partial charge is 0.241 e. The Morgan fingerprint density at radius 1 is 1.50 bits per heavy atom. The summed E-state index contributed by atoms with van der Waals surface area (Å²) in [5.74, 6) is 0.579. The first kappa shape index (κ1) is 14.8. The molecular weight excluding hydrogens is 254 g/mol.